The van der Waals surface area contributed by atoms with Crippen LogP contribution in [-0.2, 0) is 4.79 Å². The summed E-state index contributed by atoms with van der Waals surface area (Å²) in [5, 5.41) is 16.0. The first-order chi connectivity index (χ1) is 8.83. The number of hydrogen-bond donors (Lipinski definition) is 2. The van der Waals surface area contributed by atoms with Crippen molar-refractivity contribution in [3.05, 3.63) is 17.5 Å². The van der Waals surface area contributed by atoms with E-state index < -0.39 is 11.4 Å². The zero-order valence-electron chi connectivity index (χ0n) is 11.4. The first-order valence-electron chi connectivity index (χ1n) is 6.41. The summed E-state index contributed by atoms with van der Waals surface area (Å²) in [6.07, 6.45) is 0.482. The molecule has 1 atom stereocenters. The molecule has 1 aromatic heterocycles. The number of carbonyl (C=O) groups excluding carboxylic acids is 1. The Kier molecular flexibility index (Phi) is 3.34. The summed E-state index contributed by atoms with van der Waals surface area (Å²) in [5.41, 5.74) is 0.425. The number of H-pyrrole nitrogens is 1. The molecule has 2 rings (SSSR count). The molecule has 0 radical (unpaired) electrons. The van der Waals surface area contributed by atoms with Crippen LogP contribution in [0.2, 0.25) is 0 Å². The molecular weight excluding hydrogens is 246 g/mol. The number of rotatable bonds is 3. The minimum atomic E-state index is -0.854. The van der Waals surface area contributed by atoms with E-state index in [9.17, 15) is 9.59 Å². The van der Waals surface area contributed by atoms with Crippen LogP contribution in [0.4, 0.5) is 0 Å². The number of aromatic nitrogens is 2. The van der Waals surface area contributed by atoms with E-state index >= 15 is 0 Å². The fraction of sp³-hybridized carbons (Fsp3) is 0.615. The summed E-state index contributed by atoms with van der Waals surface area (Å²) >= 11 is 0. The second-order valence-corrected chi connectivity index (χ2v) is 5.71. The molecule has 2 N–H and O–H groups in total. The van der Waals surface area contributed by atoms with Crippen molar-refractivity contribution in [2.24, 2.45) is 5.41 Å². The third-order valence-corrected chi connectivity index (χ3v) is 3.72. The highest BCUT2D eigenvalue weighted by Crippen LogP contribution is 2.31. The highest BCUT2D eigenvalue weighted by molar-refractivity contribution is 5.93. The summed E-state index contributed by atoms with van der Waals surface area (Å²) in [5.74, 6) is -0.780. The van der Waals surface area contributed by atoms with Gasteiger partial charge < -0.3 is 10.0 Å². The normalized spacial score (nSPS) is 23.1. The van der Waals surface area contributed by atoms with Crippen molar-refractivity contribution in [2.45, 2.75) is 33.1 Å². The summed E-state index contributed by atoms with van der Waals surface area (Å²) in [6.45, 7) is 6.40. The molecule has 0 spiro atoms. The number of carbonyl (C=O) groups is 2. The van der Waals surface area contributed by atoms with E-state index in [2.05, 4.69) is 10.2 Å². The van der Waals surface area contributed by atoms with Crippen LogP contribution in [0, 0.1) is 5.41 Å². The Morgan fingerprint density at radius 3 is 2.68 bits per heavy atom. The van der Waals surface area contributed by atoms with Crippen LogP contribution >= 0.6 is 0 Å². The van der Waals surface area contributed by atoms with Gasteiger partial charge in [0.1, 0.15) is 5.69 Å². The Morgan fingerprint density at radius 1 is 1.53 bits per heavy atom. The zero-order chi connectivity index (χ0) is 14.2. The molecule has 104 valence electrons. The Balaban J connectivity index is 2.11. The molecule has 0 bridgehead atoms. The fourth-order valence-corrected chi connectivity index (χ4v) is 2.21. The third-order valence-electron chi connectivity index (χ3n) is 3.72. The summed E-state index contributed by atoms with van der Waals surface area (Å²) in [7, 11) is 0. The van der Waals surface area contributed by atoms with Gasteiger partial charge in [0, 0.05) is 18.8 Å². The fourth-order valence-electron chi connectivity index (χ4n) is 2.21. The van der Waals surface area contributed by atoms with Crippen LogP contribution in [0.15, 0.2) is 6.07 Å². The molecule has 0 aromatic carbocycles. The molecule has 1 amide bonds. The molecule has 2 heterocycles. The van der Waals surface area contributed by atoms with Crippen molar-refractivity contribution >= 4 is 11.9 Å². The van der Waals surface area contributed by atoms with Crippen LogP contribution in [-0.4, -0.2) is 45.2 Å². The zero-order valence-corrected chi connectivity index (χ0v) is 11.4. The lowest BCUT2D eigenvalue weighted by Crippen LogP contribution is -2.35. The first-order valence-corrected chi connectivity index (χ1v) is 6.41. The maximum atomic E-state index is 12.2. The van der Waals surface area contributed by atoms with Crippen LogP contribution in [0.25, 0.3) is 0 Å². The molecule has 0 unspecified atom stereocenters. The van der Waals surface area contributed by atoms with E-state index in [0.717, 1.165) is 5.69 Å². The van der Waals surface area contributed by atoms with E-state index in [0.29, 0.717) is 18.7 Å². The van der Waals surface area contributed by atoms with Gasteiger partial charge >= 0.3 is 5.97 Å². The molecule has 6 heteroatoms. The van der Waals surface area contributed by atoms with Crippen LogP contribution in [0.5, 0.6) is 0 Å². The Morgan fingerprint density at radius 2 is 2.21 bits per heavy atom. The van der Waals surface area contributed by atoms with Gasteiger partial charge in [-0.1, -0.05) is 13.8 Å². The number of carboxylic acid groups (broad SMARTS) is 1. The highest BCUT2D eigenvalue weighted by Gasteiger charge is 2.42. The lowest BCUT2D eigenvalue weighted by molar-refractivity contribution is -0.147. The third kappa shape index (κ3) is 2.47. The number of nitrogens with zero attached hydrogens (tertiary/aromatic N) is 2. The lowest BCUT2D eigenvalue weighted by Gasteiger charge is -2.19. The molecule has 1 aromatic rings. The second-order valence-electron chi connectivity index (χ2n) is 5.71. The van der Waals surface area contributed by atoms with E-state index in [4.69, 9.17) is 5.11 Å². The maximum Gasteiger partial charge on any atom is 0.311 e. The Bertz CT molecular complexity index is 509. The maximum absolute atomic E-state index is 12.2. The molecule has 1 aliphatic rings. The van der Waals surface area contributed by atoms with Crippen molar-refractivity contribution in [2.75, 3.05) is 13.1 Å². The molecule has 1 saturated heterocycles. The first kappa shape index (κ1) is 13.6. The topological polar surface area (TPSA) is 86.3 Å². The largest absolute Gasteiger partial charge is 0.481 e. The van der Waals surface area contributed by atoms with Gasteiger partial charge in [-0.2, -0.15) is 5.10 Å². The van der Waals surface area contributed by atoms with Crippen LogP contribution < -0.4 is 0 Å². The summed E-state index contributed by atoms with van der Waals surface area (Å²) in [4.78, 5) is 25.0. The quantitative estimate of drug-likeness (QED) is 0.866. The monoisotopic (exact) mass is 265 g/mol. The van der Waals surface area contributed by atoms with E-state index in [1.54, 1.807) is 17.9 Å². The lowest BCUT2D eigenvalue weighted by atomic mass is 9.90. The van der Waals surface area contributed by atoms with Crippen molar-refractivity contribution in [3.8, 4) is 0 Å². The number of amides is 1. The molecular formula is C13H19N3O3. The standard InChI is InChI=1S/C13H19N3O3/c1-8(2)9-6-10(15-14-9)11(17)16-5-4-13(3,7-16)12(18)19/h6,8H,4-5,7H2,1-3H3,(H,14,15)(H,18,19)/t13-/m0/s1. The van der Waals surface area contributed by atoms with Crippen molar-refractivity contribution in [1.82, 2.24) is 15.1 Å². The number of nitrogens with one attached hydrogen (secondary N) is 1. The average Bonchev–Trinajstić information content (AvgIpc) is 2.95. The summed E-state index contributed by atoms with van der Waals surface area (Å²) in [6, 6.07) is 1.74. The number of likely N-dealkylation sites (tertiary alicyclic amines) is 1. The second kappa shape index (κ2) is 4.68. The van der Waals surface area contributed by atoms with Crippen molar-refractivity contribution in [3.63, 3.8) is 0 Å². The van der Waals surface area contributed by atoms with E-state index in [1.165, 1.54) is 0 Å². The number of carboxylic acids is 1. The van der Waals surface area contributed by atoms with Gasteiger partial charge in [-0.3, -0.25) is 14.7 Å². The molecule has 0 saturated carbocycles. The highest BCUT2D eigenvalue weighted by atomic mass is 16.4. The molecule has 1 aliphatic heterocycles. The number of aromatic amines is 1. The van der Waals surface area contributed by atoms with Gasteiger partial charge in [-0.25, -0.2) is 0 Å². The smallest absolute Gasteiger partial charge is 0.311 e. The van der Waals surface area contributed by atoms with Gasteiger partial charge in [-0.15, -0.1) is 0 Å². The minimum absolute atomic E-state index is 0.201. The van der Waals surface area contributed by atoms with Gasteiger partial charge in [0.15, 0.2) is 0 Å². The Labute approximate surface area is 111 Å². The van der Waals surface area contributed by atoms with Gasteiger partial charge in [0.2, 0.25) is 0 Å². The predicted octanol–water partition coefficient (Wildman–Crippen LogP) is 1.47. The summed E-state index contributed by atoms with van der Waals surface area (Å²) < 4.78 is 0. The van der Waals surface area contributed by atoms with Crippen molar-refractivity contribution < 1.29 is 14.7 Å². The van der Waals surface area contributed by atoms with Gasteiger partial charge in [-0.05, 0) is 25.3 Å². The molecule has 6 nitrogen and oxygen atoms in total. The van der Waals surface area contributed by atoms with Gasteiger partial charge in [0.05, 0.1) is 5.41 Å². The van der Waals surface area contributed by atoms with Crippen molar-refractivity contribution in [1.29, 1.82) is 0 Å². The molecule has 19 heavy (non-hydrogen) atoms. The van der Waals surface area contributed by atoms with Crippen LogP contribution in [0.1, 0.15) is 49.3 Å². The number of hydrogen-bond acceptors (Lipinski definition) is 3. The van der Waals surface area contributed by atoms with E-state index in [-0.39, 0.29) is 18.4 Å². The van der Waals surface area contributed by atoms with Gasteiger partial charge in [0.25, 0.3) is 5.91 Å². The van der Waals surface area contributed by atoms with E-state index in [1.807, 2.05) is 13.8 Å². The number of aliphatic carboxylic acids is 1. The van der Waals surface area contributed by atoms with Crippen LogP contribution in [0.3, 0.4) is 0 Å². The SMILES string of the molecule is CC(C)c1cc(C(=O)N2CC[C@](C)(C(=O)O)C2)n[nH]1. The Hall–Kier alpha value is -1.85. The molecule has 1 fully saturated rings. The predicted molar refractivity (Wildman–Crippen MR) is 68.9 cm³/mol. The molecule has 0 aliphatic carbocycles. The average molecular weight is 265 g/mol. The minimum Gasteiger partial charge on any atom is -0.481 e.